The van der Waals surface area contributed by atoms with Gasteiger partial charge in [0.2, 0.25) is 0 Å². The van der Waals surface area contributed by atoms with E-state index in [0.29, 0.717) is 10.6 Å². The van der Waals surface area contributed by atoms with Crippen LogP contribution in [0.1, 0.15) is 35.4 Å². The van der Waals surface area contributed by atoms with E-state index in [-0.39, 0.29) is 18.0 Å². The second kappa shape index (κ2) is 5.51. The Labute approximate surface area is 105 Å². The predicted molar refractivity (Wildman–Crippen MR) is 68.6 cm³/mol. The molecule has 2 atom stereocenters. The number of hydrogen-bond acceptors (Lipinski definition) is 4. The minimum absolute atomic E-state index is 0.0702. The molecule has 0 radical (unpaired) electrons. The molecule has 2 rings (SSSR count). The average molecular weight is 254 g/mol. The molecule has 1 fully saturated rings. The third-order valence-corrected chi connectivity index (χ3v) is 4.09. The average Bonchev–Trinajstić information content (AvgIpc) is 2.80. The van der Waals surface area contributed by atoms with Crippen molar-refractivity contribution in [2.24, 2.45) is 5.73 Å². The summed E-state index contributed by atoms with van der Waals surface area (Å²) in [5.41, 5.74) is 6.01. The molecule has 1 heterocycles. The smallest absolute Gasteiger partial charge is 0.265 e. The third kappa shape index (κ3) is 2.79. The molecule has 0 saturated heterocycles. The van der Waals surface area contributed by atoms with Crippen LogP contribution in [-0.4, -0.2) is 25.1 Å². The first-order valence-corrected chi connectivity index (χ1v) is 6.78. The monoisotopic (exact) mass is 254 g/mol. The number of nitrogens with two attached hydrogens (primary N) is 1. The molecule has 0 aliphatic heterocycles. The summed E-state index contributed by atoms with van der Waals surface area (Å²) >= 11 is 1.39. The molecule has 94 valence electrons. The number of thiophene rings is 1. The number of rotatable bonds is 3. The summed E-state index contributed by atoms with van der Waals surface area (Å²) in [4.78, 5) is 12.7. The standard InChI is InChI=1S/C12H18N2O2S/c1-16-10-6-7-17-11(10)12(15)14-9-5-3-2-4-8(9)13/h6-9H,2-5,13H2,1H3,(H,14,15). The molecular weight excluding hydrogens is 236 g/mol. The van der Waals surface area contributed by atoms with Crippen molar-refractivity contribution in [1.29, 1.82) is 0 Å². The third-order valence-electron chi connectivity index (χ3n) is 3.19. The van der Waals surface area contributed by atoms with Gasteiger partial charge < -0.3 is 15.8 Å². The van der Waals surface area contributed by atoms with E-state index in [1.165, 1.54) is 11.3 Å². The first-order valence-electron chi connectivity index (χ1n) is 5.90. The Balaban J connectivity index is 2.01. The van der Waals surface area contributed by atoms with Crippen molar-refractivity contribution in [2.45, 2.75) is 37.8 Å². The van der Waals surface area contributed by atoms with E-state index in [2.05, 4.69) is 5.32 Å². The van der Waals surface area contributed by atoms with Gasteiger partial charge in [-0.2, -0.15) is 0 Å². The summed E-state index contributed by atoms with van der Waals surface area (Å²) in [5.74, 6) is 0.566. The van der Waals surface area contributed by atoms with Gasteiger partial charge in [-0.25, -0.2) is 0 Å². The van der Waals surface area contributed by atoms with Gasteiger partial charge in [0.1, 0.15) is 10.6 Å². The van der Waals surface area contributed by atoms with E-state index in [9.17, 15) is 4.79 Å². The summed E-state index contributed by atoms with van der Waals surface area (Å²) in [6.45, 7) is 0. The highest BCUT2D eigenvalue weighted by atomic mass is 32.1. The number of ether oxygens (including phenoxy) is 1. The lowest BCUT2D eigenvalue weighted by atomic mass is 9.91. The van der Waals surface area contributed by atoms with Crippen LogP contribution in [0, 0.1) is 0 Å². The largest absolute Gasteiger partial charge is 0.495 e. The molecule has 1 aliphatic carbocycles. The predicted octanol–water partition coefficient (Wildman–Crippen LogP) is 1.76. The quantitative estimate of drug-likeness (QED) is 0.864. The highest BCUT2D eigenvalue weighted by molar-refractivity contribution is 7.12. The second-order valence-electron chi connectivity index (χ2n) is 4.35. The first-order chi connectivity index (χ1) is 8.22. The highest BCUT2D eigenvalue weighted by Gasteiger charge is 2.25. The van der Waals surface area contributed by atoms with E-state index in [1.807, 2.05) is 5.38 Å². The van der Waals surface area contributed by atoms with Crippen LogP contribution in [-0.2, 0) is 0 Å². The SMILES string of the molecule is COc1ccsc1C(=O)NC1CCCCC1N. The molecule has 0 spiro atoms. The normalized spacial score (nSPS) is 24.4. The molecule has 1 aliphatic rings. The van der Waals surface area contributed by atoms with Crippen molar-refractivity contribution in [3.8, 4) is 5.75 Å². The van der Waals surface area contributed by atoms with Gasteiger partial charge in [0.15, 0.2) is 0 Å². The van der Waals surface area contributed by atoms with Gasteiger partial charge in [-0.05, 0) is 24.3 Å². The lowest BCUT2D eigenvalue weighted by molar-refractivity contribution is 0.0922. The number of hydrogen-bond donors (Lipinski definition) is 2. The highest BCUT2D eigenvalue weighted by Crippen LogP contribution is 2.25. The van der Waals surface area contributed by atoms with Crippen LogP contribution in [0.5, 0.6) is 5.75 Å². The maximum atomic E-state index is 12.1. The van der Waals surface area contributed by atoms with Crippen LogP contribution in [0.4, 0.5) is 0 Å². The zero-order chi connectivity index (χ0) is 12.3. The Hall–Kier alpha value is -1.07. The zero-order valence-corrected chi connectivity index (χ0v) is 10.8. The van der Waals surface area contributed by atoms with Gasteiger partial charge in [-0.1, -0.05) is 12.8 Å². The maximum absolute atomic E-state index is 12.1. The van der Waals surface area contributed by atoms with Crippen LogP contribution in [0.2, 0.25) is 0 Å². The van der Waals surface area contributed by atoms with Crippen molar-refractivity contribution >= 4 is 17.2 Å². The molecule has 1 amide bonds. The lowest BCUT2D eigenvalue weighted by Gasteiger charge is -2.29. The summed E-state index contributed by atoms with van der Waals surface area (Å²) < 4.78 is 5.14. The molecule has 1 aromatic rings. The van der Waals surface area contributed by atoms with E-state index >= 15 is 0 Å². The molecule has 1 aromatic heterocycles. The fraction of sp³-hybridized carbons (Fsp3) is 0.583. The fourth-order valence-electron chi connectivity index (χ4n) is 2.20. The number of carbonyl (C=O) groups is 1. The Morgan fingerprint density at radius 3 is 3.00 bits per heavy atom. The topological polar surface area (TPSA) is 64.3 Å². The molecule has 3 N–H and O–H groups in total. The van der Waals surface area contributed by atoms with Crippen molar-refractivity contribution in [1.82, 2.24) is 5.32 Å². The number of amides is 1. The molecule has 17 heavy (non-hydrogen) atoms. The van der Waals surface area contributed by atoms with Crippen molar-refractivity contribution in [3.63, 3.8) is 0 Å². The second-order valence-corrected chi connectivity index (χ2v) is 5.26. The summed E-state index contributed by atoms with van der Waals surface area (Å²) in [5, 5.41) is 4.87. The fourth-order valence-corrected chi connectivity index (χ4v) is 2.96. The van der Waals surface area contributed by atoms with Crippen molar-refractivity contribution in [2.75, 3.05) is 7.11 Å². The Bertz CT molecular complexity index is 392. The van der Waals surface area contributed by atoms with Crippen LogP contribution in [0.25, 0.3) is 0 Å². The van der Waals surface area contributed by atoms with Gasteiger partial charge in [0.05, 0.1) is 7.11 Å². The number of carbonyl (C=O) groups excluding carboxylic acids is 1. The minimum atomic E-state index is -0.0702. The van der Waals surface area contributed by atoms with E-state index in [0.717, 1.165) is 25.7 Å². The van der Waals surface area contributed by atoms with Crippen LogP contribution >= 0.6 is 11.3 Å². The molecule has 1 saturated carbocycles. The van der Waals surface area contributed by atoms with Gasteiger partial charge in [0.25, 0.3) is 5.91 Å². The maximum Gasteiger partial charge on any atom is 0.265 e. The Kier molecular flexibility index (Phi) is 4.02. The van der Waals surface area contributed by atoms with Crippen molar-refractivity contribution < 1.29 is 9.53 Å². The first kappa shape index (κ1) is 12.4. The molecular formula is C12H18N2O2S. The molecule has 0 bridgehead atoms. The van der Waals surface area contributed by atoms with Gasteiger partial charge in [0, 0.05) is 12.1 Å². The van der Waals surface area contributed by atoms with Crippen LogP contribution in [0.15, 0.2) is 11.4 Å². The minimum Gasteiger partial charge on any atom is -0.495 e. The molecule has 5 heteroatoms. The van der Waals surface area contributed by atoms with E-state index in [1.54, 1.807) is 13.2 Å². The molecule has 2 unspecified atom stereocenters. The van der Waals surface area contributed by atoms with Gasteiger partial charge in [-0.3, -0.25) is 4.79 Å². The van der Waals surface area contributed by atoms with Gasteiger partial charge >= 0.3 is 0 Å². The summed E-state index contributed by atoms with van der Waals surface area (Å²) in [7, 11) is 1.57. The number of methoxy groups -OCH3 is 1. The Morgan fingerprint density at radius 2 is 2.29 bits per heavy atom. The number of nitrogens with one attached hydrogen (secondary N) is 1. The van der Waals surface area contributed by atoms with Crippen molar-refractivity contribution in [3.05, 3.63) is 16.3 Å². The molecule has 0 aromatic carbocycles. The van der Waals surface area contributed by atoms with Crippen LogP contribution in [0.3, 0.4) is 0 Å². The zero-order valence-electron chi connectivity index (χ0n) is 9.94. The molecule has 4 nitrogen and oxygen atoms in total. The van der Waals surface area contributed by atoms with E-state index in [4.69, 9.17) is 10.5 Å². The van der Waals surface area contributed by atoms with E-state index < -0.39 is 0 Å². The lowest BCUT2D eigenvalue weighted by Crippen LogP contribution is -2.49. The van der Waals surface area contributed by atoms with Crippen LogP contribution < -0.4 is 15.8 Å². The summed E-state index contributed by atoms with van der Waals surface area (Å²) in [6, 6.07) is 1.99. The Morgan fingerprint density at radius 1 is 1.53 bits per heavy atom. The van der Waals surface area contributed by atoms with Gasteiger partial charge in [-0.15, -0.1) is 11.3 Å². The summed E-state index contributed by atoms with van der Waals surface area (Å²) in [6.07, 6.45) is 4.27.